The van der Waals surface area contributed by atoms with Crippen molar-refractivity contribution in [2.45, 2.75) is 18.6 Å². The van der Waals surface area contributed by atoms with Crippen LogP contribution in [0.1, 0.15) is 12.0 Å². The molecule has 3 rings (SSSR count). The summed E-state index contributed by atoms with van der Waals surface area (Å²) in [5, 5.41) is 0. The molecule has 2 heterocycles. The van der Waals surface area contributed by atoms with Crippen LogP contribution >= 0.6 is 0 Å². The molecule has 2 saturated heterocycles. The Morgan fingerprint density at radius 1 is 1.10 bits per heavy atom. The van der Waals surface area contributed by atoms with E-state index in [0.717, 1.165) is 12.1 Å². The molecule has 4 nitrogen and oxygen atoms in total. The van der Waals surface area contributed by atoms with Crippen LogP contribution in [0.25, 0.3) is 0 Å². The van der Waals surface area contributed by atoms with Gasteiger partial charge in [0.25, 0.3) is 0 Å². The number of halogens is 3. The van der Waals surface area contributed by atoms with Crippen molar-refractivity contribution < 1.29 is 26.4 Å². The standard InChI is InChI=1S/C13H12F3NO3S/c14-13(15,16)9-1-3-10(4-2-9)17-11-7-21(19,20)6-8(11)5-12(17)18/h1-4,8,11H,5-7H2/t8-,11+/m1/s1. The molecule has 0 spiro atoms. The lowest BCUT2D eigenvalue weighted by molar-refractivity contribution is -0.137. The Labute approximate surface area is 119 Å². The van der Waals surface area contributed by atoms with Gasteiger partial charge in [0, 0.05) is 18.0 Å². The first-order chi connectivity index (χ1) is 9.67. The first-order valence-corrected chi connectivity index (χ1v) is 8.19. The van der Waals surface area contributed by atoms with Gasteiger partial charge in [-0.3, -0.25) is 4.79 Å². The minimum atomic E-state index is -4.44. The summed E-state index contributed by atoms with van der Waals surface area (Å²) in [7, 11) is -3.18. The largest absolute Gasteiger partial charge is 0.416 e. The molecule has 2 aliphatic rings. The molecule has 0 aromatic heterocycles. The third-order valence-corrected chi connectivity index (χ3v) is 5.73. The van der Waals surface area contributed by atoms with Gasteiger partial charge in [0.15, 0.2) is 9.84 Å². The number of rotatable bonds is 1. The highest BCUT2D eigenvalue weighted by Gasteiger charge is 2.49. The number of carbonyl (C=O) groups excluding carboxylic acids is 1. The number of benzene rings is 1. The molecule has 21 heavy (non-hydrogen) atoms. The number of anilines is 1. The van der Waals surface area contributed by atoms with E-state index < -0.39 is 27.6 Å². The van der Waals surface area contributed by atoms with Gasteiger partial charge in [-0.05, 0) is 24.3 Å². The number of sulfone groups is 1. The van der Waals surface area contributed by atoms with Crippen LogP contribution in [0.3, 0.4) is 0 Å². The van der Waals surface area contributed by atoms with Gasteiger partial charge in [-0.1, -0.05) is 0 Å². The quantitative estimate of drug-likeness (QED) is 0.794. The lowest BCUT2D eigenvalue weighted by Gasteiger charge is -2.23. The van der Waals surface area contributed by atoms with Crippen LogP contribution in [0.5, 0.6) is 0 Å². The summed E-state index contributed by atoms with van der Waals surface area (Å²) in [6.07, 6.45) is -4.31. The number of nitrogens with zero attached hydrogens (tertiary/aromatic N) is 1. The molecule has 0 saturated carbocycles. The molecule has 0 N–H and O–H groups in total. The Bertz CT molecular complexity index is 682. The number of amides is 1. The van der Waals surface area contributed by atoms with E-state index in [1.807, 2.05) is 0 Å². The molecule has 8 heteroatoms. The van der Waals surface area contributed by atoms with E-state index in [9.17, 15) is 26.4 Å². The normalized spacial score (nSPS) is 28.0. The zero-order valence-corrected chi connectivity index (χ0v) is 11.6. The number of hydrogen-bond donors (Lipinski definition) is 0. The summed E-state index contributed by atoms with van der Waals surface area (Å²) < 4.78 is 60.8. The zero-order chi connectivity index (χ0) is 15.4. The van der Waals surface area contributed by atoms with Crippen molar-refractivity contribution in [3.8, 4) is 0 Å². The average Bonchev–Trinajstić information content (AvgIpc) is 2.78. The molecule has 2 aliphatic heterocycles. The van der Waals surface area contributed by atoms with Crippen molar-refractivity contribution >= 4 is 21.4 Å². The lowest BCUT2D eigenvalue weighted by Crippen LogP contribution is -2.36. The van der Waals surface area contributed by atoms with Crippen LogP contribution in [-0.2, 0) is 20.8 Å². The zero-order valence-electron chi connectivity index (χ0n) is 10.8. The minimum absolute atomic E-state index is 0.0272. The second kappa shape index (κ2) is 4.46. The van der Waals surface area contributed by atoms with Crippen molar-refractivity contribution in [2.24, 2.45) is 5.92 Å². The van der Waals surface area contributed by atoms with Crippen molar-refractivity contribution in [2.75, 3.05) is 16.4 Å². The molecular formula is C13H12F3NO3S. The molecule has 2 atom stereocenters. The smallest absolute Gasteiger partial charge is 0.308 e. The molecule has 0 unspecified atom stereocenters. The Morgan fingerprint density at radius 2 is 1.71 bits per heavy atom. The Morgan fingerprint density at radius 3 is 2.29 bits per heavy atom. The Balaban J connectivity index is 1.91. The fraction of sp³-hybridized carbons (Fsp3) is 0.462. The van der Waals surface area contributed by atoms with Gasteiger partial charge in [0.1, 0.15) is 0 Å². The third-order valence-electron chi connectivity index (χ3n) is 3.95. The van der Waals surface area contributed by atoms with Gasteiger partial charge in [0.05, 0.1) is 23.1 Å². The van der Waals surface area contributed by atoms with E-state index >= 15 is 0 Å². The summed E-state index contributed by atoms with van der Waals surface area (Å²) in [6, 6.07) is 3.78. The molecular weight excluding hydrogens is 307 g/mol. The third kappa shape index (κ3) is 2.52. The van der Waals surface area contributed by atoms with E-state index in [1.165, 1.54) is 17.0 Å². The minimum Gasteiger partial charge on any atom is -0.308 e. The summed E-state index contributed by atoms with van der Waals surface area (Å²) in [5.74, 6) is -0.644. The molecule has 0 aliphatic carbocycles. The van der Waals surface area contributed by atoms with E-state index in [4.69, 9.17) is 0 Å². The highest BCUT2D eigenvalue weighted by atomic mass is 32.2. The van der Waals surface area contributed by atoms with Gasteiger partial charge in [-0.15, -0.1) is 0 Å². The number of alkyl halides is 3. The molecule has 1 aromatic rings. The SMILES string of the molecule is O=C1C[C@@H]2CS(=O)(=O)C[C@@H]2N1c1ccc(C(F)(F)F)cc1. The van der Waals surface area contributed by atoms with Gasteiger partial charge < -0.3 is 4.90 Å². The summed E-state index contributed by atoms with van der Waals surface area (Å²) in [4.78, 5) is 13.3. The van der Waals surface area contributed by atoms with Crippen LogP contribution in [0.2, 0.25) is 0 Å². The summed E-state index contributed by atoms with van der Waals surface area (Å²) in [6.45, 7) is 0. The molecule has 2 fully saturated rings. The lowest BCUT2D eigenvalue weighted by atomic mass is 10.0. The second-order valence-electron chi connectivity index (χ2n) is 5.42. The molecule has 0 radical (unpaired) electrons. The predicted molar refractivity (Wildman–Crippen MR) is 69.5 cm³/mol. The summed E-state index contributed by atoms with van der Waals surface area (Å²) in [5.41, 5.74) is -0.480. The number of fused-ring (bicyclic) bond motifs is 1. The molecule has 0 bridgehead atoms. The van der Waals surface area contributed by atoms with Gasteiger partial charge >= 0.3 is 6.18 Å². The maximum atomic E-state index is 12.5. The van der Waals surface area contributed by atoms with E-state index in [2.05, 4.69) is 0 Å². The van der Waals surface area contributed by atoms with Crippen molar-refractivity contribution in [1.29, 1.82) is 0 Å². The van der Waals surface area contributed by atoms with Crippen LogP contribution in [-0.4, -0.2) is 31.9 Å². The second-order valence-corrected chi connectivity index (χ2v) is 7.57. The molecule has 114 valence electrons. The van der Waals surface area contributed by atoms with Crippen LogP contribution in [0.15, 0.2) is 24.3 Å². The maximum absolute atomic E-state index is 12.5. The maximum Gasteiger partial charge on any atom is 0.416 e. The van der Waals surface area contributed by atoms with E-state index in [-0.39, 0.29) is 29.8 Å². The topological polar surface area (TPSA) is 54.5 Å². The molecule has 1 aromatic carbocycles. The fourth-order valence-electron chi connectivity index (χ4n) is 3.04. The monoisotopic (exact) mass is 319 g/mol. The van der Waals surface area contributed by atoms with Crippen molar-refractivity contribution in [3.05, 3.63) is 29.8 Å². The fourth-order valence-corrected chi connectivity index (χ4v) is 5.11. The van der Waals surface area contributed by atoms with Gasteiger partial charge in [0.2, 0.25) is 5.91 Å². The van der Waals surface area contributed by atoms with Gasteiger partial charge in [-0.25, -0.2) is 8.42 Å². The first-order valence-electron chi connectivity index (χ1n) is 6.37. The molecule has 1 amide bonds. The Kier molecular flexibility index (Phi) is 3.05. The number of hydrogen-bond acceptors (Lipinski definition) is 3. The van der Waals surface area contributed by atoms with Crippen LogP contribution < -0.4 is 4.90 Å². The van der Waals surface area contributed by atoms with Crippen LogP contribution in [0, 0.1) is 5.92 Å². The summed E-state index contributed by atoms with van der Waals surface area (Å²) >= 11 is 0. The van der Waals surface area contributed by atoms with E-state index in [0.29, 0.717) is 5.69 Å². The highest BCUT2D eigenvalue weighted by molar-refractivity contribution is 7.91. The van der Waals surface area contributed by atoms with Crippen LogP contribution in [0.4, 0.5) is 18.9 Å². The Hall–Kier alpha value is -1.57. The van der Waals surface area contributed by atoms with Crippen molar-refractivity contribution in [1.82, 2.24) is 0 Å². The van der Waals surface area contributed by atoms with Crippen molar-refractivity contribution in [3.63, 3.8) is 0 Å². The highest BCUT2D eigenvalue weighted by Crippen LogP contribution is 2.38. The average molecular weight is 319 g/mol. The number of carbonyl (C=O) groups is 1. The van der Waals surface area contributed by atoms with Gasteiger partial charge in [-0.2, -0.15) is 13.2 Å². The first kappa shape index (κ1) is 14.4. The predicted octanol–water partition coefficient (Wildman–Crippen LogP) is 1.86. The van der Waals surface area contributed by atoms with E-state index in [1.54, 1.807) is 0 Å².